The molecule has 2 heterocycles. The molecule has 1 aromatic rings. The van der Waals surface area contributed by atoms with Gasteiger partial charge in [-0.05, 0) is 49.9 Å². The molecule has 0 bridgehead atoms. The van der Waals surface area contributed by atoms with Gasteiger partial charge >= 0.3 is 0 Å². The maximum absolute atomic E-state index is 12.7. The van der Waals surface area contributed by atoms with E-state index in [1.165, 1.54) is 5.56 Å². The molecule has 2 atom stereocenters. The molecule has 5 nitrogen and oxygen atoms in total. The molecule has 0 saturated carbocycles. The van der Waals surface area contributed by atoms with Crippen LogP contribution in [0, 0.1) is 5.92 Å². The molecule has 3 rings (SSSR count). The third-order valence-corrected chi connectivity index (χ3v) is 4.61. The number of nitrogens with zero attached hydrogens (tertiary/aromatic N) is 1. The van der Waals surface area contributed by atoms with Gasteiger partial charge in [-0.3, -0.25) is 9.59 Å². The third-order valence-electron chi connectivity index (χ3n) is 4.61. The van der Waals surface area contributed by atoms with Crippen LogP contribution >= 0.6 is 0 Å². The first kappa shape index (κ1) is 13.9. The van der Waals surface area contributed by atoms with Gasteiger partial charge < -0.3 is 16.0 Å². The quantitative estimate of drug-likeness (QED) is 0.863. The number of nitrogens with two attached hydrogens (primary N) is 1. The van der Waals surface area contributed by atoms with Crippen LogP contribution in [-0.4, -0.2) is 35.8 Å². The average molecular weight is 287 g/mol. The number of hydrogen-bond acceptors (Lipinski definition) is 3. The molecule has 3 N–H and O–H groups in total. The van der Waals surface area contributed by atoms with Crippen LogP contribution in [0.5, 0.6) is 0 Å². The largest absolute Gasteiger partial charge is 0.384 e. The number of piperidine rings is 1. The van der Waals surface area contributed by atoms with Gasteiger partial charge in [-0.2, -0.15) is 0 Å². The zero-order chi connectivity index (χ0) is 15.0. The molecule has 0 aliphatic carbocycles. The normalized spacial score (nSPS) is 24.3. The number of rotatable bonds is 2. The lowest BCUT2D eigenvalue weighted by atomic mass is 9.92. The number of hydrogen-bond donors (Lipinski definition) is 2. The first-order chi connectivity index (χ1) is 10.1. The van der Waals surface area contributed by atoms with Crippen LogP contribution in [-0.2, 0) is 11.2 Å². The Morgan fingerprint density at radius 2 is 2.14 bits per heavy atom. The number of carbonyl (C=O) groups is 2. The van der Waals surface area contributed by atoms with Gasteiger partial charge in [0.05, 0.1) is 5.92 Å². The first-order valence-corrected chi connectivity index (χ1v) is 7.53. The van der Waals surface area contributed by atoms with Crippen LogP contribution in [0.1, 0.15) is 35.7 Å². The van der Waals surface area contributed by atoms with Gasteiger partial charge in [-0.1, -0.05) is 0 Å². The van der Waals surface area contributed by atoms with Crippen molar-refractivity contribution in [2.24, 2.45) is 11.7 Å². The minimum Gasteiger partial charge on any atom is -0.384 e. The van der Waals surface area contributed by atoms with E-state index in [0.717, 1.165) is 31.5 Å². The van der Waals surface area contributed by atoms with Crippen LogP contribution in [0.4, 0.5) is 5.69 Å². The number of anilines is 1. The molecular formula is C16H21N3O2. The highest BCUT2D eigenvalue weighted by Gasteiger charge is 2.32. The van der Waals surface area contributed by atoms with E-state index in [0.29, 0.717) is 12.1 Å². The molecule has 0 spiro atoms. The lowest BCUT2D eigenvalue weighted by molar-refractivity contribution is -0.123. The van der Waals surface area contributed by atoms with E-state index in [-0.39, 0.29) is 23.8 Å². The zero-order valence-corrected chi connectivity index (χ0v) is 12.3. The highest BCUT2D eigenvalue weighted by Crippen LogP contribution is 2.27. The molecular weight excluding hydrogens is 266 g/mol. The lowest BCUT2D eigenvalue weighted by Gasteiger charge is -2.37. The van der Waals surface area contributed by atoms with Gasteiger partial charge in [0.15, 0.2) is 0 Å². The molecule has 2 aliphatic heterocycles. The second kappa shape index (κ2) is 5.39. The number of carbonyl (C=O) groups excluding carboxylic acids is 2. The highest BCUT2D eigenvalue weighted by molar-refractivity contribution is 5.95. The molecule has 1 fully saturated rings. The Morgan fingerprint density at radius 1 is 1.33 bits per heavy atom. The summed E-state index contributed by atoms with van der Waals surface area (Å²) in [6.45, 7) is 3.39. The molecule has 2 amide bonds. The monoisotopic (exact) mass is 287 g/mol. The average Bonchev–Trinajstić information content (AvgIpc) is 2.94. The van der Waals surface area contributed by atoms with Crippen LogP contribution in [0.2, 0.25) is 0 Å². The van der Waals surface area contributed by atoms with E-state index in [4.69, 9.17) is 5.73 Å². The standard InChI is InChI=1S/C16H21N3O2/c1-10-2-3-13(15(17)20)9-19(10)16(21)12-4-5-14-11(8-12)6-7-18-14/h4-5,8,10,13,18H,2-3,6-7,9H2,1H3,(H2,17,20). The van der Waals surface area contributed by atoms with Crippen molar-refractivity contribution in [3.63, 3.8) is 0 Å². The Kier molecular flexibility index (Phi) is 3.57. The smallest absolute Gasteiger partial charge is 0.254 e. The summed E-state index contributed by atoms with van der Waals surface area (Å²) in [6.07, 6.45) is 2.55. The fraction of sp³-hybridized carbons (Fsp3) is 0.500. The van der Waals surface area contributed by atoms with E-state index in [1.54, 1.807) is 4.90 Å². The van der Waals surface area contributed by atoms with Gasteiger partial charge in [0.1, 0.15) is 0 Å². The first-order valence-electron chi connectivity index (χ1n) is 7.53. The molecule has 0 radical (unpaired) electrons. The number of amides is 2. The van der Waals surface area contributed by atoms with Gasteiger partial charge in [0, 0.05) is 30.4 Å². The Balaban J connectivity index is 1.81. The predicted molar refractivity (Wildman–Crippen MR) is 81.1 cm³/mol. The summed E-state index contributed by atoms with van der Waals surface area (Å²) < 4.78 is 0. The Bertz CT molecular complexity index is 585. The Hall–Kier alpha value is -2.04. The number of primary amides is 1. The highest BCUT2D eigenvalue weighted by atomic mass is 16.2. The van der Waals surface area contributed by atoms with Gasteiger partial charge in [-0.25, -0.2) is 0 Å². The summed E-state index contributed by atoms with van der Waals surface area (Å²) in [5.74, 6) is -0.526. The van der Waals surface area contributed by atoms with Crippen LogP contribution in [0.15, 0.2) is 18.2 Å². The van der Waals surface area contributed by atoms with Gasteiger partial charge in [0.25, 0.3) is 5.91 Å². The van der Waals surface area contributed by atoms with Gasteiger partial charge in [0.2, 0.25) is 5.91 Å². The van der Waals surface area contributed by atoms with Crippen molar-refractivity contribution in [2.45, 2.75) is 32.2 Å². The maximum atomic E-state index is 12.7. The minimum atomic E-state index is -0.308. The van der Waals surface area contributed by atoms with E-state index in [9.17, 15) is 9.59 Å². The van der Waals surface area contributed by atoms with Crippen molar-refractivity contribution in [3.8, 4) is 0 Å². The SMILES string of the molecule is CC1CCC(C(N)=O)CN1C(=O)c1ccc2c(c1)CCN2. The van der Waals surface area contributed by atoms with Crippen LogP contribution in [0.3, 0.4) is 0 Å². The zero-order valence-electron chi connectivity index (χ0n) is 12.3. The van der Waals surface area contributed by atoms with Crippen LogP contribution < -0.4 is 11.1 Å². The van der Waals surface area contributed by atoms with Gasteiger partial charge in [-0.15, -0.1) is 0 Å². The fourth-order valence-electron chi connectivity index (χ4n) is 3.23. The summed E-state index contributed by atoms with van der Waals surface area (Å²) in [5.41, 5.74) is 8.42. The number of nitrogens with one attached hydrogen (secondary N) is 1. The molecule has 1 saturated heterocycles. The van der Waals surface area contributed by atoms with E-state index in [1.807, 2.05) is 25.1 Å². The molecule has 2 unspecified atom stereocenters. The second-order valence-electron chi connectivity index (χ2n) is 6.03. The van der Waals surface area contributed by atoms with Crippen molar-refractivity contribution in [3.05, 3.63) is 29.3 Å². The van der Waals surface area contributed by atoms with Crippen molar-refractivity contribution < 1.29 is 9.59 Å². The molecule has 5 heteroatoms. The summed E-state index contributed by atoms with van der Waals surface area (Å²) >= 11 is 0. The van der Waals surface area contributed by atoms with E-state index in [2.05, 4.69) is 5.32 Å². The topological polar surface area (TPSA) is 75.4 Å². The minimum absolute atomic E-state index is 0.00292. The lowest BCUT2D eigenvalue weighted by Crippen LogP contribution is -2.48. The summed E-state index contributed by atoms with van der Waals surface area (Å²) in [6, 6.07) is 5.95. The van der Waals surface area contributed by atoms with Crippen LogP contribution in [0.25, 0.3) is 0 Å². The molecule has 1 aromatic carbocycles. The number of likely N-dealkylation sites (tertiary alicyclic amines) is 1. The van der Waals surface area contributed by atoms with Crippen molar-refractivity contribution >= 4 is 17.5 Å². The summed E-state index contributed by atoms with van der Waals surface area (Å²) in [4.78, 5) is 25.9. The fourth-order valence-corrected chi connectivity index (χ4v) is 3.23. The van der Waals surface area contributed by atoms with Crippen molar-refractivity contribution in [1.29, 1.82) is 0 Å². The Labute approximate surface area is 124 Å². The third kappa shape index (κ3) is 2.60. The van der Waals surface area contributed by atoms with Crippen molar-refractivity contribution in [1.82, 2.24) is 4.90 Å². The molecule has 0 aromatic heterocycles. The predicted octanol–water partition coefficient (Wildman–Crippen LogP) is 1.38. The molecule has 2 aliphatic rings. The Morgan fingerprint density at radius 3 is 2.90 bits per heavy atom. The van der Waals surface area contributed by atoms with E-state index >= 15 is 0 Å². The maximum Gasteiger partial charge on any atom is 0.254 e. The number of benzene rings is 1. The number of fused-ring (bicyclic) bond motifs is 1. The summed E-state index contributed by atoms with van der Waals surface area (Å²) in [7, 11) is 0. The van der Waals surface area contributed by atoms with Crippen molar-refractivity contribution in [2.75, 3.05) is 18.4 Å². The van der Waals surface area contributed by atoms with E-state index < -0.39 is 0 Å². The molecule has 112 valence electrons. The molecule has 21 heavy (non-hydrogen) atoms. The summed E-state index contributed by atoms with van der Waals surface area (Å²) in [5, 5.41) is 3.29. The second-order valence-corrected chi connectivity index (χ2v) is 6.03.